The molecule has 0 saturated carbocycles. The summed E-state index contributed by atoms with van der Waals surface area (Å²) in [5.74, 6) is -1.80. The van der Waals surface area contributed by atoms with Gasteiger partial charge in [0.2, 0.25) is 0 Å². The van der Waals surface area contributed by atoms with Gasteiger partial charge in [-0.25, -0.2) is 0 Å². The predicted octanol–water partition coefficient (Wildman–Crippen LogP) is 5.11. The van der Waals surface area contributed by atoms with Crippen molar-refractivity contribution in [1.82, 2.24) is 0 Å². The van der Waals surface area contributed by atoms with Gasteiger partial charge in [-0.3, -0.25) is 24.6 Å². The van der Waals surface area contributed by atoms with E-state index < -0.39 is 28.4 Å². The molecule has 0 radical (unpaired) electrons. The van der Waals surface area contributed by atoms with Crippen LogP contribution in [0.1, 0.15) is 43.7 Å². The Kier molecular flexibility index (Phi) is 5.37. The maximum atomic E-state index is 13.1. The minimum absolute atomic E-state index is 0.0942. The molecule has 3 aromatic rings. The number of benzene rings is 2. The third-order valence-corrected chi connectivity index (χ3v) is 5.62. The van der Waals surface area contributed by atoms with Crippen molar-refractivity contribution >= 4 is 28.8 Å². The quantitative estimate of drug-likeness (QED) is 0.196. The number of ketones is 1. The van der Waals surface area contributed by atoms with Crippen molar-refractivity contribution in [3.8, 4) is 0 Å². The number of hydrogen-bond acceptors (Lipinski definition) is 6. The molecule has 1 N–H and O–H groups in total. The first kappa shape index (κ1) is 22.0. The zero-order valence-electron chi connectivity index (χ0n) is 18.3. The standard InChI is InChI=1S/C25H22N2O6/c1-25(2,3)16-8-12-17(13-9-16)26-21(19-5-4-14-33-19)20(23(29)24(26)30)22(28)15-6-10-18(11-7-15)27(31)32/h4-14,21,28H,1-3H3/b22-20-. The van der Waals surface area contributed by atoms with Crippen molar-refractivity contribution in [2.45, 2.75) is 32.2 Å². The van der Waals surface area contributed by atoms with Gasteiger partial charge in [-0.1, -0.05) is 32.9 Å². The minimum atomic E-state index is -0.990. The number of nitro benzene ring substituents is 1. The van der Waals surface area contributed by atoms with E-state index in [9.17, 15) is 24.8 Å². The lowest BCUT2D eigenvalue weighted by Crippen LogP contribution is -2.29. The highest BCUT2D eigenvalue weighted by atomic mass is 16.6. The second kappa shape index (κ2) is 8.05. The van der Waals surface area contributed by atoms with E-state index in [0.717, 1.165) is 5.56 Å². The molecule has 168 valence electrons. The van der Waals surface area contributed by atoms with E-state index in [2.05, 4.69) is 20.8 Å². The number of rotatable bonds is 4. The molecule has 1 aromatic heterocycles. The van der Waals surface area contributed by atoms with Gasteiger partial charge in [0.15, 0.2) is 0 Å². The Morgan fingerprint density at radius 1 is 1.03 bits per heavy atom. The van der Waals surface area contributed by atoms with Crippen LogP contribution in [0.5, 0.6) is 0 Å². The van der Waals surface area contributed by atoms with Crippen LogP contribution >= 0.6 is 0 Å². The van der Waals surface area contributed by atoms with E-state index in [1.165, 1.54) is 35.4 Å². The highest BCUT2D eigenvalue weighted by Crippen LogP contribution is 2.42. The van der Waals surface area contributed by atoms with Crippen LogP contribution in [0.3, 0.4) is 0 Å². The number of carbonyl (C=O) groups is 2. The molecule has 4 rings (SSSR count). The number of nitrogens with zero attached hydrogens (tertiary/aromatic N) is 2. The van der Waals surface area contributed by atoms with Gasteiger partial charge in [-0.15, -0.1) is 0 Å². The molecule has 1 unspecified atom stereocenters. The molecule has 2 aromatic carbocycles. The summed E-state index contributed by atoms with van der Waals surface area (Å²) in [6.07, 6.45) is 1.42. The first-order valence-corrected chi connectivity index (χ1v) is 10.3. The summed E-state index contributed by atoms with van der Waals surface area (Å²) in [7, 11) is 0. The van der Waals surface area contributed by atoms with E-state index in [0.29, 0.717) is 11.4 Å². The minimum Gasteiger partial charge on any atom is -0.507 e. The molecule has 1 saturated heterocycles. The molecule has 0 aliphatic carbocycles. The molecular weight excluding hydrogens is 424 g/mol. The summed E-state index contributed by atoms with van der Waals surface area (Å²) in [4.78, 5) is 37.8. The lowest BCUT2D eigenvalue weighted by Gasteiger charge is -2.25. The van der Waals surface area contributed by atoms with Crippen LogP contribution in [-0.4, -0.2) is 21.7 Å². The molecule has 1 aliphatic heterocycles. The third-order valence-electron chi connectivity index (χ3n) is 5.62. The number of carbonyl (C=O) groups excluding carboxylic acids is 2. The Morgan fingerprint density at radius 3 is 2.18 bits per heavy atom. The van der Waals surface area contributed by atoms with Gasteiger partial charge in [0.05, 0.1) is 16.8 Å². The van der Waals surface area contributed by atoms with Gasteiger partial charge in [0.1, 0.15) is 17.6 Å². The molecule has 1 amide bonds. The summed E-state index contributed by atoms with van der Waals surface area (Å²) >= 11 is 0. The molecule has 8 nitrogen and oxygen atoms in total. The average Bonchev–Trinajstić information content (AvgIpc) is 3.40. The highest BCUT2D eigenvalue weighted by molar-refractivity contribution is 6.51. The van der Waals surface area contributed by atoms with Crippen molar-refractivity contribution in [3.05, 3.63) is 99.5 Å². The van der Waals surface area contributed by atoms with Crippen LogP contribution in [0.2, 0.25) is 0 Å². The molecule has 1 fully saturated rings. The Balaban J connectivity index is 1.84. The SMILES string of the molecule is CC(C)(C)c1ccc(N2C(=O)C(=O)/C(=C(\O)c3ccc([N+](=O)[O-])cc3)C2c2ccco2)cc1. The number of anilines is 1. The smallest absolute Gasteiger partial charge is 0.300 e. The van der Waals surface area contributed by atoms with Crippen LogP contribution in [0.25, 0.3) is 5.76 Å². The monoisotopic (exact) mass is 446 g/mol. The number of Topliss-reactive ketones (excluding diaryl/α,β-unsaturated/α-hetero) is 1. The second-order valence-corrected chi connectivity index (χ2v) is 8.79. The van der Waals surface area contributed by atoms with Gasteiger partial charge >= 0.3 is 0 Å². The molecule has 2 heterocycles. The van der Waals surface area contributed by atoms with E-state index in [1.54, 1.807) is 24.3 Å². The zero-order chi connectivity index (χ0) is 23.9. The van der Waals surface area contributed by atoms with Gasteiger partial charge in [0.25, 0.3) is 17.4 Å². The van der Waals surface area contributed by atoms with Crippen LogP contribution < -0.4 is 4.90 Å². The molecule has 0 spiro atoms. The summed E-state index contributed by atoms with van der Waals surface area (Å²) in [5, 5.41) is 21.9. The molecule has 8 heteroatoms. The summed E-state index contributed by atoms with van der Waals surface area (Å²) < 4.78 is 5.53. The van der Waals surface area contributed by atoms with Gasteiger partial charge < -0.3 is 9.52 Å². The first-order chi connectivity index (χ1) is 15.6. The van der Waals surface area contributed by atoms with E-state index in [-0.39, 0.29) is 22.2 Å². The number of aliphatic hydroxyl groups excluding tert-OH is 1. The summed E-state index contributed by atoms with van der Waals surface area (Å²) in [6, 6.07) is 14.7. The van der Waals surface area contributed by atoms with Crippen molar-refractivity contribution in [1.29, 1.82) is 0 Å². The fraction of sp³-hybridized carbons (Fsp3) is 0.200. The van der Waals surface area contributed by atoms with Gasteiger partial charge in [-0.2, -0.15) is 0 Å². The summed E-state index contributed by atoms with van der Waals surface area (Å²) in [5.41, 5.74) is 1.32. The second-order valence-electron chi connectivity index (χ2n) is 8.79. The fourth-order valence-electron chi connectivity index (χ4n) is 3.83. The maximum absolute atomic E-state index is 13.1. The van der Waals surface area contributed by atoms with Crippen LogP contribution in [0.15, 0.2) is 76.9 Å². The Bertz CT molecular complexity index is 1250. The normalized spacial score (nSPS) is 18.0. The molecule has 0 bridgehead atoms. The Labute approximate surface area is 189 Å². The van der Waals surface area contributed by atoms with Crippen LogP contribution in [0.4, 0.5) is 11.4 Å². The third kappa shape index (κ3) is 3.91. The van der Waals surface area contributed by atoms with Crippen LogP contribution in [-0.2, 0) is 15.0 Å². The number of nitro groups is 1. The molecule has 33 heavy (non-hydrogen) atoms. The Hall–Kier alpha value is -4.20. The zero-order valence-corrected chi connectivity index (χ0v) is 18.3. The lowest BCUT2D eigenvalue weighted by atomic mass is 9.87. The average molecular weight is 446 g/mol. The number of hydrogen-bond donors (Lipinski definition) is 1. The van der Waals surface area contributed by atoms with Gasteiger partial charge in [-0.05, 0) is 47.4 Å². The highest BCUT2D eigenvalue weighted by Gasteiger charge is 2.48. The maximum Gasteiger partial charge on any atom is 0.300 e. The topological polar surface area (TPSA) is 114 Å². The van der Waals surface area contributed by atoms with E-state index in [1.807, 2.05) is 12.1 Å². The van der Waals surface area contributed by atoms with Crippen molar-refractivity contribution in [3.63, 3.8) is 0 Å². The van der Waals surface area contributed by atoms with Crippen molar-refractivity contribution in [2.75, 3.05) is 4.90 Å². The van der Waals surface area contributed by atoms with Crippen molar-refractivity contribution in [2.24, 2.45) is 0 Å². The number of non-ortho nitro benzene ring substituents is 1. The van der Waals surface area contributed by atoms with E-state index in [4.69, 9.17) is 4.42 Å². The van der Waals surface area contributed by atoms with Crippen LogP contribution in [0, 0.1) is 10.1 Å². The number of aliphatic hydroxyl groups is 1. The van der Waals surface area contributed by atoms with Gasteiger partial charge in [0, 0.05) is 23.4 Å². The number of furan rings is 1. The largest absolute Gasteiger partial charge is 0.507 e. The Morgan fingerprint density at radius 2 is 1.67 bits per heavy atom. The fourth-order valence-corrected chi connectivity index (χ4v) is 3.83. The lowest BCUT2D eigenvalue weighted by molar-refractivity contribution is -0.384. The number of amides is 1. The molecule has 1 aliphatic rings. The summed E-state index contributed by atoms with van der Waals surface area (Å²) in [6.45, 7) is 6.21. The molecular formula is C25H22N2O6. The predicted molar refractivity (Wildman–Crippen MR) is 122 cm³/mol. The van der Waals surface area contributed by atoms with E-state index >= 15 is 0 Å². The first-order valence-electron chi connectivity index (χ1n) is 10.3. The van der Waals surface area contributed by atoms with Crippen molar-refractivity contribution < 1.29 is 24.0 Å². The molecule has 1 atom stereocenters.